The van der Waals surface area contributed by atoms with Gasteiger partial charge in [0.05, 0.1) is 10.6 Å². The van der Waals surface area contributed by atoms with Gasteiger partial charge in [0.1, 0.15) is 0 Å². The van der Waals surface area contributed by atoms with E-state index in [-0.39, 0.29) is 5.69 Å². The molecule has 7 nitrogen and oxygen atoms in total. The monoisotopic (exact) mass is 469 g/mol. The highest BCUT2D eigenvalue weighted by Gasteiger charge is 2.20. The molecule has 0 saturated heterocycles. The zero-order chi connectivity index (χ0) is 26.4. The van der Waals surface area contributed by atoms with Gasteiger partial charge in [-0.05, 0) is 31.0 Å². The summed E-state index contributed by atoms with van der Waals surface area (Å²) in [6.07, 6.45) is 1.57. The van der Waals surface area contributed by atoms with Crippen molar-refractivity contribution in [1.29, 1.82) is 0 Å². The van der Waals surface area contributed by atoms with Gasteiger partial charge in [-0.25, -0.2) is 9.36 Å². The van der Waals surface area contributed by atoms with E-state index in [1.165, 1.54) is 23.1 Å². The van der Waals surface area contributed by atoms with Gasteiger partial charge >= 0.3 is 5.69 Å². The Bertz CT molecular complexity index is 1160. The van der Waals surface area contributed by atoms with Crippen LogP contribution in [0.1, 0.15) is 70.3 Å². The van der Waals surface area contributed by atoms with Gasteiger partial charge in [-0.15, -0.1) is 0 Å². The molecule has 0 N–H and O–H groups in total. The number of benzene rings is 2. The van der Waals surface area contributed by atoms with Gasteiger partial charge in [-0.1, -0.05) is 78.3 Å². The fourth-order valence-corrected chi connectivity index (χ4v) is 3.05. The fraction of sp³-hybridized carbons (Fsp3) is 0.407. The molecule has 0 aliphatic rings. The zero-order valence-electron chi connectivity index (χ0n) is 22.0. The molecule has 0 saturated carbocycles. The van der Waals surface area contributed by atoms with Gasteiger partial charge in [-0.3, -0.25) is 14.9 Å². The van der Waals surface area contributed by atoms with Gasteiger partial charge in [-0.2, -0.15) is 0 Å². The number of rotatable bonds is 4. The number of nitro groups is 1. The first-order valence-corrected chi connectivity index (χ1v) is 11.8. The van der Waals surface area contributed by atoms with Crippen LogP contribution in [0.25, 0.3) is 5.69 Å². The predicted octanol–water partition coefficient (Wildman–Crippen LogP) is 6.12. The summed E-state index contributed by atoms with van der Waals surface area (Å²) in [6.45, 7) is 15.6. The van der Waals surface area contributed by atoms with Crippen LogP contribution in [-0.2, 0) is 13.5 Å². The van der Waals surface area contributed by atoms with E-state index in [2.05, 4.69) is 13.8 Å². The number of nitrogens with zero attached hydrogens (tertiary/aromatic N) is 3. The van der Waals surface area contributed by atoms with Crippen LogP contribution in [0.5, 0.6) is 0 Å². The molecule has 0 spiro atoms. The van der Waals surface area contributed by atoms with Crippen molar-refractivity contribution < 1.29 is 4.92 Å². The maximum Gasteiger partial charge on any atom is 0.335 e. The first-order valence-electron chi connectivity index (χ1n) is 11.8. The minimum Gasteiger partial charge on any atom is -0.301 e. The molecule has 3 aromatic rings. The highest BCUT2D eigenvalue weighted by Crippen LogP contribution is 2.27. The minimum atomic E-state index is -0.484. The number of aryl methyl sites for hydroxylation is 2. The van der Waals surface area contributed by atoms with Crippen LogP contribution in [0.2, 0.25) is 0 Å². The Morgan fingerprint density at radius 1 is 0.912 bits per heavy atom. The van der Waals surface area contributed by atoms with Crippen molar-refractivity contribution in [2.24, 2.45) is 7.05 Å². The van der Waals surface area contributed by atoms with Crippen molar-refractivity contribution in [2.45, 2.75) is 68.2 Å². The summed E-state index contributed by atoms with van der Waals surface area (Å²) in [7, 11) is 1.58. The van der Waals surface area contributed by atoms with Crippen molar-refractivity contribution in [3.05, 3.63) is 102 Å². The van der Waals surface area contributed by atoms with E-state index in [0.29, 0.717) is 28.9 Å². The van der Waals surface area contributed by atoms with Gasteiger partial charge in [0.2, 0.25) is 0 Å². The molecule has 186 valence electrons. The molecule has 0 atom stereocenters. The molecule has 34 heavy (non-hydrogen) atoms. The Morgan fingerprint density at radius 3 is 1.94 bits per heavy atom. The molecule has 0 bridgehead atoms. The Kier molecular flexibility index (Phi) is 13.8. The van der Waals surface area contributed by atoms with Gasteiger partial charge in [0, 0.05) is 36.9 Å². The lowest BCUT2D eigenvalue weighted by Crippen LogP contribution is -2.38. The molecule has 7 heteroatoms. The second-order valence-corrected chi connectivity index (χ2v) is 7.19. The zero-order valence-corrected chi connectivity index (χ0v) is 22.0. The van der Waals surface area contributed by atoms with E-state index in [4.69, 9.17) is 0 Å². The largest absolute Gasteiger partial charge is 0.335 e. The van der Waals surface area contributed by atoms with Gasteiger partial charge < -0.3 is 4.57 Å². The first-order chi connectivity index (χ1) is 16.2. The topological polar surface area (TPSA) is 87.1 Å². The van der Waals surface area contributed by atoms with Crippen LogP contribution in [0.15, 0.2) is 58.1 Å². The third-order valence-electron chi connectivity index (χ3n) is 4.63. The van der Waals surface area contributed by atoms with Crippen LogP contribution >= 0.6 is 0 Å². The van der Waals surface area contributed by atoms with Crippen molar-refractivity contribution >= 4 is 5.69 Å². The maximum atomic E-state index is 12.6. The standard InChI is InChI=1S/C20H19N3O4.C3H8.2C2H6/c1-13-9-18(23(26)27)16(11-15-7-5-4-6-8-15)12-17(13)22-19(24)10-14(2)21(3)20(22)25;1-3-2;2*1-2/h4-10,12H,11H2,1-3H3;3H2,1-2H3;2*1-2H3. The number of aromatic nitrogens is 2. The number of nitro benzene ring substituents is 1. The van der Waals surface area contributed by atoms with Crippen molar-refractivity contribution in [3.63, 3.8) is 0 Å². The molecule has 1 heterocycles. The average molecular weight is 470 g/mol. The lowest BCUT2D eigenvalue weighted by atomic mass is 10.00. The third-order valence-corrected chi connectivity index (χ3v) is 4.63. The Morgan fingerprint density at radius 2 is 1.44 bits per heavy atom. The number of hydrogen-bond donors (Lipinski definition) is 0. The van der Waals surface area contributed by atoms with E-state index in [1.54, 1.807) is 27.0 Å². The normalized spacial score (nSPS) is 9.44. The molecule has 0 aliphatic heterocycles. The Labute approximate surface area is 202 Å². The van der Waals surface area contributed by atoms with E-state index >= 15 is 0 Å². The minimum absolute atomic E-state index is 0.0305. The van der Waals surface area contributed by atoms with E-state index in [1.807, 2.05) is 58.0 Å². The highest BCUT2D eigenvalue weighted by atomic mass is 16.6. The molecular formula is C27H39N3O4. The molecule has 2 aromatic carbocycles. The summed E-state index contributed by atoms with van der Waals surface area (Å²) in [5.41, 5.74) is 1.77. The molecular weight excluding hydrogens is 430 g/mol. The third kappa shape index (κ3) is 7.83. The van der Waals surface area contributed by atoms with Crippen LogP contribution in [0, 0.1) is 24.0 Å². The van der Waals surface area contributed by atoms with E-state index in [0.717, 1.165) is 10.1 Å². The summed E-state index contributed by atoms with van der Waals surface area (Å²) < 4.78 is 2.43. The second kappa shape index (κ2) is 15.4. The molecule has 0 aliphatic carbocycles. The first kappa shape index (κ1) is 30.5. The van der Waals surface area contributed by atoms with Crippen molar-refractivity contribution in [3.8, 4) is 5.69 Å². The molecule has 0 amide bonds. The lowest BCUT2D eigenvalue weighted by Gasteiger charge is -2.13. The van der Waals surface area contributed by atoms with Crippen molar-refractivity contribution in [1.82, 2.24) is 9.13 Å². The second-order valence-electron chi connectivity index (χ2n) is 7.19. The Balaban J connectivity index is 0.00000141. The fourth-order valence-electron chi connectivity index (χ4n) is 3.05. The van der Waals surface area contributed by atoms with Crippen LogP contribution in [0.3, 0.4) is 0 Å². The summed E-state index contributed by atoms with van der Waals surface area (Å²) in [5, 5.41) is 11.5. The SMILES string of the molecule is CC.CC.CCC.Cc1cc([N+](=O)[O-])c(Cc2ccccc2)cc1-n1c(=O)cc(C)n(C)c1=O. The van der Waals surface area contributed by atoms with E-state index in [9.17, 15) is 19.7 Å². The smallest absolute Gasteiger partial charge is 0.301 e. The predicted molar refractivity (Wildman–Crippen MR) is 141 cm³/mol. The lowest BCUT2D eigenvalue weighted by molar-refractivity contribution is -0.385. The van der Waals surface area contributed by atoms with Crippen LogP contribution in [-0.4, -0.2) is 14.1 Å². The number of hydrogen-bond acceptors (Lipinski definition) is 4. The van der Waals surface area contributed by atoms with Gasteiger partial charge in [0.15, 0.2) is 0 Å². The molecule has 3 rings (SSSR count). The average Bonchev–Trinajstić information content (AvgIpc) is 2.83. The summed E-state index contributed by atoms with van der Waals surface area (Å²) in [6, 6.07) is 13.7. The summed E-state index contributed by atoms with van der Waals surface area (Å²) in [4.78, 5) is 36.2. The van der Waals surface area contributed by atoms with Crippen molar-refractivity contribution in [2.75, 3.05) is 0 Å². The Hall–Kier alpha value is -3.48. The maximum absolute atomic E-state index is 12.6. The van der Waals surface area contributed by atoms with Crippen LogP contribution < -0.4 is 11.2 Å². The quantitative estimate of drug-likeness (QED) is 0.340. The summed E-state index contributed by atoms with van der Waals surface area (Å²) >= 11 is 0. The highest BCUT2D eigenvalue weighted by molar-refractivity contribution is 5.54. The summed E-state index contributed by atoms with van der Waals surface area (Å²) in [5.74, 6) is 0. The molecule has 0 unspecified atom stereocenters. The molecule has 1 aromatic heterocycles. The molecule has 0 fully saturated rings. The van der Waals surface area contributed by atoms with E-state index < -0.39 is 16.2 Å². The van der Waals surface area contributed by atoms with Crippen LogP contribution in [0.4, 0.5) is 5.69 Å². The molecule has 0 radical (unpaired) electrons. The van der Waals surface area contributed by atoms with Gasteiger partial charge in [0.25, 0.3) is 11.2 Å².